The number of thiazole rings is 1. The molecule has 3 aromatic heterocycles. The minimum absolute atomic E-state index is 1.21. The van der Waals surface area contributed by atoms with Gasteiger partial charge in [-0.05, 0) is 29.7 Å². The van der Waals surface area contributed by atoms with Crippen molar-refractivity contribution >= 4 is 22.2 Å². The number of para-hydroxylation sites is 1. The van der Waals surface area contributed by atoms with Crippen molar-refractivity contribution < 1.29 is 0 Å². The van der Waals surface area contributed by atoms with Gasteiger partial charge in [0.25, 0.3) is 0 Å². The van der Waals surface area contributed by atoms with Gasteiger partial charge >= 0.3 is 0 Å². The summed E-state index contributed by atoms with van der Waals surface area (Å²) in [5, 5.41) is 3.21. The van der Waals surface area contributed by atoms with Gasteiger partial charge in [-0.3, -0.25) is 9.97 Å². The first-order valence-electron chi connectivity index (χ1n) is 6.16. The molecule has 0 atom stereocenters. The van der Waals surface area contributed by atoms with Gasteiger partial charge in [-0.1, -0.05) is 24.3 Å². The molecule has 0 amide bonds. The fourth-order valence-corrected chi connectivity index (χ4v) is 1.83. The molecular weight excluding hydrogens is 266 g/mol. The smallest absolute Gasteiger partial charge is 0.0791 e. The maximum Gasteiger partial charge on any atom is 0.0791 e. The molecule has 4 rings (SSSR count). The van der Waals surface area contributed by atoms with Crippen LogP contribution in [0, 0.1) is 0 Å². The van der Waals surface area contributed by atoms with Gasteiger partial charge in [0.05, 0.1) is 5.51 Å². The minimum Gasteiger partial charge on any atom is -0.361 e. The molecule has 0 saturated carbocycles. The molecule has 0 spiro atoms. The van der Waals surface area contributed by atoms with Gasteiger partial charge in [-0.2, -0.15) is 0 Å². The number of hydrogen-bond acceptors (Lipinski definition) is 3. The molecular formula is C16H15N3S. The molecule has 0 aliphatic carbocycles. The Morgan fingerprint density at radius 3 is 2.15 bits per heavy atom. The quantitative estimate of drug-likeness (QED) is 0.519. The fraction of sp³-hybridized carbons (Fsp3) is 0. The number of aromatic nitrogens is 3. The van der Waals surface area contributed by atoms with Crippen molar-refractivity contribution in [1.29, 1.82) is 0 Å². The van der Waals surface area contributed by atoms with E-state index in [-0.39, 0.29) is 0 Å². The summed E-state index contributed by atoms with van der Waals surface area (Å²) in [5.74, 6) is 0. The second-order valence-electron chi connectivity index (χ2n) is 3.77. The molecule has 100 valence electrons. The van der Waals surface area contributed by atoms with Crippen molar-refractivity contribution in [2.24, 2.45) is 0 Å². The summed E-state index contributed by atoms with van der Waals surface area (Å²) in [5.41, 5.74) is 3.00. The van der Waals surface area contributed by atoms with Crippen molar-refractivity contribution in [1.82, 2.24) is 15.0 Å². The van der Waals surface area contributed by atoms with E-state index in [4.69, 9.17) is 0 Å². The van der Waals surface area contributed by atoms with Crippen LogP contribution >= 0.6 is 11.3 Å². The average Bonchev–Trinajstić information content (AvgIpc) is 3.24. The fourth-order valence-electron chi connectivity index (χ4n) is 1.48. The van der Waals surface area contributed by atoms with E-state index in [0.717, 1.165) is 0 Å². The number of benzene rings is 1. The van der Waals surface area contributed by atoms with E-state index < -0.39 is 0 Å². The van der Waals surface area contributed by atoms with E-state index in [1.54, 1.807) is 35.4 Å². The van der Waals surface area contributed by atoms with Crippen LogP contribution in [0.2, 0.25) is 0 Å². The third-order valence-corrected chi connectivity index (χ3v) is 2.90. The zero-order chi connectivity index (χ0) is 13.9. The molecule has 1 aromatic carbocycles. The molecule has 0 saturated heterocycles. The van der Waals surface area contributed by atoms with E-state index in [0.29, 0.717) is 0 Å². The Labute approximate surface area is 122 Å². The van der Waals surface area contributed by atoms with Crippen molar-refractivity contribution in [3.05, 3.63) is 84.2 Å². The molecule has 0 unspecified atom stereocenters. The van der Waals surface area contributed by atoms with Crippen LogP contribution in [0.25, 0.3) is 10.9 Å². The highest BCUT2D eigenvalue weighted by atomic mass is 32.1. The largest absolute Gasteiger partial charge is 0.361 e. The van der Waals surface area contributed by atoms with Gasteiger partial charge in [0.15, 0.2) is 0 Å². The van der Waals surface area contributed by atoms with Crippen molar-refractivity contribution in [3.63, 3.8) is 0 Å². The average molecular weight is 281 g/mol. The monoisotopic (exact) mass is 281 g/mol. The van der Waals surface area contributed by atoms with Gasteiger partial charge < -0.3 is 4.98 Å². The van der Waals surface area contributed by atoms with Crippen LogP contribution in [0.4, 0.5) is 0 Å². The standard InChI is InChI=1S/C8H7N.C5H5N.C3H3NS/c1-2-4-8-7(3-1)5-6-9-8;1-2-4-6-5-3-1;1-2-5-3-4-1/h1-6,9H;1-5H;1-3H. The molecule has 0 radical (unpaired) electrons. The highest BCUT2D eigenvalue weighted by molar-refractivity contribution is 7.07. The number of hydrogen-bond donors (Lipinski definition) is 1. The SMILES string of the molecule is c1ccc2[nH]ccc2c1.c1ccncc1.c1cscn1. The summed E-state index contributed by atoms with van der Waals surface area (Å²) in [6, 6.07) is 16.0. The Morgan fingerprint density at radius 2 is 1.65 bits per heavy atom. The van der Waals surface area contributed by atoms with E-state index >= 15 is 0 Å². The number of fused-ring (bicyclic) bond motifs is 1. The van der Waals surface area contributed by atoms with Gasteiger partial charge in [-0.25, -0.2) is 0 Å². The minimum atomic E-state index is 1.21. The molecule has 0 aliphatic rings. The first kappa shape index (κ1) is 14.0. The Hall–Kier alpha value is -2.46. The van der Waals surface area contributed by atoms with Crippen LogP contribution in [0.5, 0.6) is 0 Å². The molecule has 20 heavy (non-hydrogen) atoms. The highest BCUT2D eigenvalue weighted by Crippen LogP contribution is 2.09. The van der Waals surface area contributed by atoms with E-state index in [9.17, 15) is 0 Å². The Morgan fingerprint density at radius 1 is 0.800 bits per heavy atom. The Bertz CT molecular complexity index is 601. The van der Waals surface area contributed by atoms with Crippen molar-refractivity contribution in [2.45, 2.75) is 0 Å². The molecule has 3 heterocycles. The lowest BCUT2D eigenvalue weighted by Gasteiger charge is -1.83. The first-order chi connectivity index (χ1) is 9.97. The topological polar surface area (TPSA) is 41.6 Å². The third kappa shape index (κ3) is 5.04. The molecule has 4 heteroatoms. The van der Waals surface area contributed by atoms with Crippen LogP contribution in [-0.2, 0) is 0 Å². The maximum atomic E-state index is 3.78. The lowest BCUT2D eigenvalue weighted by molar-refractivity contribution is 1.33. The van der Waals surface area contributed by atoms with Crippen LogP contribution in [-0.4, -0.2) is 15.0 Å². The highest BCUT2D eigenvalue weighted by Gasteiger charge is 1.86. The zero-order valence-corrected chi connectivity index (χ0v) is 11.7. The summed E-state index contributed by atoms with van der Waals surface area (Å²) in [4.78, 5) is 10.6. The summed E-state index contributed by atoms with van der Waals surface area (Å²) in [7, 11) is 0. The van der Waals surface area contributed by atoms with Gasteiger partial charge in [-0.15, -0.1) is 11.3 Å². The molecule has 0 bridgehead atoms. The van der Waals surface area contributed by atoms with Crippen LogP contribution in [0.3, 0.4) is 0 Å². The number of nitrogens with zero attached hydrogens (tertiary/aromatic N) is 2. The van der Waals surface area contributed by atoms with E-state index in [2.05, 4.69) is 33.2 Å². The lowest BCUT2D eigenvalue weighted by Crippen LogP contribution is -1.61. The Kier molecular flexibility index (Phi) is 6.01. The maximum absolute atomic E-state index is 3.78. The van der Waals surface area contributed by atoms with Crippen LogP contribution in [0.1, 0.15) is 0 Å². The zero-order valence-electron chi connectivity index (χ0n) is 10.9. The van der Waals surface area contributed by atoms with E-state index in [1.165, 1.54) is 10.9 Å². The van der Waals surface area contributed by atoms with Crippen molar-refractivity contribution in [3.8, 4) is 0 Å². The third-order valence-electron chi connectivity index (χ3n) is 2.38. The van der Waals surface area contributed by atoms with Gasteiger partial charge in [0.1, 0.15) is 0 Å². The van der Waals surface area contributed by atoms with E-state index in [1.807, 2.05) is 41.9 Å². The number of nitrogens with one attached hydrogen (secondary N) is 1. The number of aromatic amines is 1. The first-order valence-corrected chi connectivity index (χ1v) is 7.10. The summed E-state index contributed by atoms with van der Waals surface area (Å²) < 4.78 is 0. The molecule has 4 aromatic rings. The van der Waals surface area contributed by atoms with Gasteiger partial charge in [0, 0.05) is 35.7 Å². The molecule has 0 aliphatic heterocycles. The predicted molar refractivity (Wildman–Crippen MR) is 84.6 cm³/mol. The molecule has 1 N–H and O–H groups in total. The Balaban J connectivity index is 0.000000117. The second-order valence-corrected chi connectivity index (χ2v) is 4.52. The summed E-state index contributed by atoms with van der Waals surface area (Å²) >= 11 is 1.60. The number of rotatable bonds is 0. The van der Waals surface area contributed by atoms with Gasteiger partial charge in [0.2, 0.25) is 0 Å². The number of H-pyrrole nitrogens is 1. The molecule has 3 nitrogen and oxygen atoms in total. The van der Waals surface area contributed by atoms with Crippen LogP contribution in [0.15, 0.2) is 84.2 Å². The van der Waals surface area contributed by atoms with Crippen molar-refractivity contribution in [2.75, 3.05) is 0 Å². The summed E-state index contributed by atoms with van der Waals surface area (Å²) in [6.07, 6.45) is 7.22. The number of pyridine rings is 1. The second kappa shape index (κ2) is 8.61. The normalized spacial score (nSPS) is 9.00. The predicted octanol–water partition coefficient (Wildman–Crippen LogP) is 4.39. The molecule has 0 fully saturated rings. The lowest BCUT2D eigenvalue weighted by atomic mass is 10.3. The summed E-state index contributed by atoms with van der Waals surface area (Å²) in [6.45, 7) is 0. The van der Waals surface area contributed by atoms with Crippen LogP contribution < -0.4 is 0 Å².